The summed E-state index contributed by atoms with van der Waals surface area (Å²) in [6, 6.07) is 9.94. The zero-order chi connectivity index (χ0) is 11.4. The van der Waals surface area contributed by atoms with Crippen LogP contribution in [0.15, 0.2) is 40.6 Å². The van der Waals surface area contributed by atoms with E-state index in [2.05, 4.69) is 17.5 Å². The number of nitrogens with two attached hydrogens (primary N) is 1. The third kappa shape index (κ3) is 2.71. The number of methoxy groups -OCH3 is 1. The highest BCUT2D eigenvalue weighted by Crippen LogP contribution is 2.32. The summed E-state index contributed by atoms with van der Waals surface area (Å²) in [5.41, 5.74) is 6.72. The van der Waals surface area contributed by atoms with Crippen LogP contribution in [0.1, 0.15) is 4.88 Å². The fourth-order valence-electron chi connectivity index (χ4n) is 1.31. The molecule has 1 aromatic heterocycles. The van der Waals surface area contributed by atoms with Gasteiger partial charge in [0.05, 0.1) is 7.11 Å². The van der Waals surface area contributed by atoms with Gasteiger partial charge in [-0.3, -0.25) is 0 Å². The normalized spacial score (nSPS) is 10.3. The molecule has 0 bridgehead atoms. The Bertz CT molecular complexity index is 454. The van der Waals surface area contributed by atoms with E-state index in [-0.39, 0.29) is 0 Å². The maximum Gasteiger partial charge on any atom is 0.120 e. The Morgan fingerprint density at radius 2 is 2.25 bits per heavy atom. The van der Waals surface area contributed by atoms with Crippen LogP contribution < -0.4 is 10.5 Å². The van der Waals surface area contributed by atoms with E-state index in [1.54, 1.807) is 30.2 Å². The van der Waals surface area contributed by atoms with Crippen molar-refractivity contribution in [2.45, 2.75) is 10.6 Å². The van der Waals surface area contributed by atoms with Crippen LogP contribution in [-0.2, 0) is 5.75 Å². The van der Waals surface area contributed by atoms with Gasteiger partial charge < -0.3 is 10.5 Å². The van der Waals surface area contributed by atoms with Gasteiger partial charge in [0.2, 0.25) is 0 Å². The van der Waals surface area contributed by atoms with Crippen molar-refractivity contribution in [1.82, 2.24) is 0 Å². The average molecular weight is 251 g/mol. The summed E-state index contributed by atoms with van der Waals surface area (Å²) < 4.78 is 5.18. The van der Waals surface area contributed by atoms with E-state index < -0.39 is 0 Å². The molecule has 1 heterocycles. The minimum Gasteiger partial charge on any atom is -0.497 e. The van der Waals surface area contributed by atoms with E-state index in [9.17, 15) is 0 Å². The highest BCUT2D eigenvalue weighted by Gasteiger charge is 2.03. The van der Waals surface area contributed by atoms with E-state index in [0.29, 0.717) is 0 Å². The Labute approximate surface area is 103 Å². The van der Waals surface area contributed by atoms with Crippen LogP contribution in [0.25, 0.3) is 0 Å². The number of nitrogen functional groups attached to an aromatic ring is 1. The number of ether oxygens (including phenoxy) is 1. The number of thiophene rings is 1. The summed E-state index contributed by atoms with van der Waals surface area (Å²) in [5, 5.41) is 2.09. The molecule has 1 aromatic carbocycles. The molecule has 0 fully saturated rings. The number of rotatable bonds is 4. The minimum absolute atomic E-state index is 0.808. The molecule has 0 spiro atoms. The van der Waals surface area contributed by atoms with Gasteiger partial charge in [0.15, 0.2) is 0 Å². The maximum atomic E-state index is 5.91. The molecule has 0 aliphatic carbocycles. The molecule has 84 valence electrons. The molecule has 0 saturated heterocycles. The monoisotopic (exact) mass is 251 g/mol. The summed E-state index contributed by atoms with van der Waals surface area (Å²) in [7, 11) is 1.67. The van der Waals surface area contributed by atoms with Crippen LogP contribution in [0.3, 0.4) is 0 Å². The lowest BCUT2D eigenvalue weighted by Gasteiger charge is -2.06. The molecule has 0 atom stereocenters. The first-order chi connectivity index (χ1) is 7.79. The van der Waals surface area contributed by atoms with Crippen molar-refractivity contribution in [2.24, 2.45) is 0 Å². The number of hydrogen-bond donors (Lipinski definition) is 1. The molecule has 2 nitrogen and oxygen atoms in total. The van der Waals surface area contributed by atoms with E-state index in [1.807, 2.05) is 18.2 Å². The molecule has 4 heteroatoms. The highest BCUT2D eigenvalue weighted by atomic mass is 32.2. The van der Waals surface area contributed by atoms with E-state index >= 15 is 0 Å². The fourth-order valence-corrected chi connectivity index (χ4v) is 3.08. The molecule has 2 N–H and O–H groups in total. The largest absolute Gasteiger partial charge is 0.497 e. The van der Waals surface area contributed by atoms with Crippen LogP contribution in [0.5, 0.6) is 5.75 Å². The lowest BCUT2D eigenvalue weighted by atomic mass is 10.3. The molecule has 0 amide bonds. The molecule has 0 unspecified atom stereocenters. The predicted octanol–water partition coefficient (Wildman–Crippen LogP) is 3.63. The van der Waals surface area contributed by atoms with Gasteiger partial charge >= 0.3 is 0 Å². The van der Waals surface area contributed by atoms with Crippen LogP contribution >= 0.6 is 23.1 Å². The first-order valence-corrected chi connectivity index (χ1v) is 6.75. The molecule has 0 saturated carbocycles. The van der Waals surface area contributed by atoms with E-state index in [4.69, 9.17) is 10.5 Å². The second kappa shape index (κ2) is 5.27. The third-order valence-electron chi connectivity index (χ3n) is 2.17. The predicted molar refractivity (Wildman–Crippen MR) is 71.3 cm³/mol. The van der Waals surface area contributed by atoms with Gasteiger partial charge in [0, 0.05) is 21.2 Å². The SMILES string of the molecule is COc1ccc(N)c(SCc2cccs2)c1. The van der Waals surface area contributed by atoms with Crippen molar-refractivity contribution in [1.29, 1.82) is 0 Å². The van der Waals surface area contributed by atoms with Crippen molar-refractivity contribution in [3.63, 3.8) is 0 Å². The van der Waals surface area contributed by atoms with Crippen LogP contribution in [0.2, 0.25) is 0 Å². The number of benzene rings is 1. The molecule has 0 aliphatic rings. The van der Waals surface area contributed by atoms with Crippen molar-refractivity contribution in [3.8, 4) is 5.75 Å². The summed E-state index contributed by atoms with van der Waals surface area (Å²) in [5.74, 6) is 1.80. The Morgan fingerprint density at radius 1 is 1.38 bits per heavy atom. The van der Waals surface area contributed by atoms with Gasteiger partial charge in [-0.1, -0.05) is 6.07 Å². The van der Waals surface area contributed by atoms with Gasteiger partial charge in [0.25, 0.3) is 0 Å². The van der Waals surface area contributed by atoms with Gasteiger partial charge in [0.1, 0.15) is 5.75 Å². The fraction of sp³-hybridized carbons (Fsp3) is 0.167. The maximum absolute atomic E-state index is 5.91. The lowest BCUT2D eigenvalue weighted by molar-refractivity contribution is 0.414. The van der Waals surface area contributed by atoms with Gasteiger partial charge in [-0.25, -0.2) is 0 Å². The Kier molecular flexibility index (Phi) is 3.74. The molecule has 2 rings (SSSR count). The Hall–Kier alpha value is -1.13. The Morgan fingerprint density at radius 3 is 2.94 bits per heavy atom. The topological polar surface area (TPSA) is 35.2 Å². The number of anilines is 1. The molecule has 0 radical (unpaired) electrons. The summed E-state index contributed by atoms with van der Waals surface area (Å²) in [4.78, 5) is 2.43. The van der Waals surface area contributed by atoms with Crippen LogP contribution in [0, 0.1) is 0 Å². The highest BCUT2D eigenvalue weighted by molar-refractivity contribution is 7.98. The number of thioether (sulfide) groups is 1. The second-order valence-corrected chi connectivity index (χ2v) is 5.32. The van der Waals surface area contributed by atoms with Crippen LogP contribution in [0.4, 0.5) is 5.69 Å². The van der Waals surface area contributed by atoms with Gasteiger partial charge in [-0.05, 0) is 29.6 Å². The smallest absolute Gasteiger partial charge is 0.120 e. The van der Waals surface area contributed by atoms with Crippen molar-refractivity contribution in [3.05, 3.63) is 40.6 Å². The summed E-state index contributed by atoms with van der Waals surface area (Å²) in [6.07, 6.45) is 0. The summed E-state index contributed by atoms with van der Waals surface area (Å²) in [6.45, 7) is 0. The van der Waals surface area contributed by atoms with Crippen LogP contribution in [-0.4, -0.2) is 7.11 Å². The van der Waals surface area contributed by atoms with Crippen molar-refractivity contribution >= 4 is 28.8 Å². The second-order valence-electron chi connectivity index (χ2n) is 3.27. The number of hydrogen-bond acceptors (Lipinski definition) is 4. The quantitative estimate of drug-likeness (QED) is 0.665. The summed E-state index contributed by atoms with van der Waals surface area (Å²) >= 11 is 3.50. The van der Waals surface area contributed by atoms with Gasteiger partial charge in [-0.15, -0.1) is 23.1 Å². The third-order valence-corrected chi connectivity index (χ3v) is 4.35. The first-order valence-electron chi connectivity index (χ1n) is 4.88. The molecule has 0 aliphatic heterocycles. The zero-order valence-electron chi connectivity index (χ0n) is 8.97. The zero-order valence-corrected chi connectivity index (χ0v) is 10.6. The Balaban J connectivity index is 2.08. The van der Waals surface area contributed by atoms with Crippen molar-refractivity contribution in [2.75, 3.05) is 12.8 Å². The van der Waals surface area contributed by atoms with E-state index in [0.717, 1.165) is 22.1 Å². The van der Waals surface area contributed by atoms with Gasteiger partial charge in [-0.2, -0.15) is 0 Å². The molecular weight excluding hydrogens is 238 g/mol. The molecular formula is C12H13NOS2. The standard InChI is InChI=1S/C12H13NOS2/c1-14-9-4-5-11(13)12(7-9)16-8-10-3-2-6-15-10/h2-7H,8,13H2,1H3. The minimum atomic E-state index is 0.808. The first kappa shape index (κ1) is 11.4. The lowest BCUT2D eigenvalue weighted by Crippen LogP contribution is -1.90. The van der Waals surface area contributed by atoms with E-state index in [1.165, 1.54) is 4.88 Å². The average Bonchev–Trinajstić information content (AvgIpc) is 2.81. The molecule has 16 heavy (non-hydrogen) atoms. The molecule has 2 aromatic rings. The van der Waals surface area contributed by atoms with Crippen molar-refractivity contribution < 1.29 is 4.74 Å².